The van der Waals surface area contributed by atoms with E-state index in [4.69, 9.17) is 4.84 Å². The van der Waals surface area contributed by atoms with Gasteiger partial charge in [0.1, 0.15) is 5.71 Å². The van der Waals surface area contributed by atoms with Crippen LogP contribution in [0.25, 0.3) is 6.08 Å². The number of oxime groups is 1. The van der Waals surface area contributed by atoms with Crippen molar-refractivity contribution in [1.29, 1.82) is 0 Å². The number of halogens is 1. The fourth-order valence-electron chi connectivity index (χ4n) is 2.12. The van der Waals surface area contributed by atoms with E-state index in [0.717, 1.165) is 10.0 Å². The van der Waals surface area contributed by atoms with Crippen LogP contribution in [0.5, 0.6) is 0 Å². The van der Waals surface area contributed by atoms with Gasteiger partial charge in [-0.1, -0.05) is 45.4 Å². The zero-order valence-electron chi connectivity index (χ0n) is 11.6. The monoisotopic (exact) mass is 372 g/mol. The van der Waals surface area contributed by atoms with Gasteiger partial charge in [-0.3, -0.25) is 10.1 Å². The standard InChI is InChI=1S/C16H9BrN2O4/c17-12-6-4-11(5-7-12)15-14(16(20)23-18-15)9-10-2-1-3-13(8-10)19(21)22/h1-9H. The van der Waals surface area contributed by atoms with Gasteiger partial charge in [0.05, 0.1) is 10.5 Å². The number of nitro benzene ring substituents is 1. The molecule has 3 rings (SSSR count). The zero-order chi connectivity index (χ0) is 16.4. The minimum Gasteiger partial charge on any atom is -0.312 e. The molecule has 0 spiro atoms. The first-order valence-corrected chi connectivity index (χ1v) is 7.36. The largest absolute Gasteiger partial charge is 0.368 e. The first kappa shape index (κ1) is 15.1. The van der Waals surface area contributed by atoms with E-state index in [9.17, 15) is 14.9 Å². The Morgan fingerprint density at radius 2 is 1.91 bits per heavy atom. The number of non-ortho nitro benzene ring substituents is 1. The molecule has 1 aliphatic heterocycles. The normalized spacial score (nSPS) is 15.4. The molecule has 0 saturated carbocycles. The Kier molecular flexibility index (Phi) is 4.03. The predicted molar refractivity (Wildman–Crippen MR) is 87.8 cm³/mol. The van der Waals surface area contributed by atoms with Gasteiger partial charge in [0.15, 0.2) is 0 Å². The van der Waals surface area contributed by atoms with Gasteiger partial charge in [-0.05, 0) is 23.8 Å². The Hall–Kier alpha value is -2.80. The van der Waals surface area contributed by atoms with Crippen molar-refractivity contribution in [3.8, 4) is 0 Å². The van der Waals surface area contributed by atoms with Crippen molar-refractivity contribution in [3.05, 3.63) is 79.8 Å². The van der Waals surface area contributed by atoms with Crippen LogP contribution in [-0.2, 0) is 9.63 Å². The lowest BCUT2D eigenvalue weighted by atomic mass is 10.0. The molecule has 23 heavy (non-hydrogen) atoms. The van der Waals surface area contributed by atoms with Crippen molar-refractivity contribution < 1.29 is 14.6 Å². The average Bonchev–Trinajstić information content (AvgIpc) is 2.89. The van der Waals surface area contributed by atoms with Crippen molar-refractivity contribution in [3.63, 3.8) is 0 Å². The van der Waals surface area contributed by atoms with E-state index in [1.807, 2.05) is 12.1 Å². The smallest absolute Gasteiger partial charge is 0.312 e. The molecule has 0 fully saturated rings. The maximum absolute atomic E-state index is 11.9. The predicted octanol–water partition coefficient (Wildman–Crippen LogP) is 3.70. The van der Waals surface area contributed by atoms with Gasteiger partial charge in [-0.25, -0.2) is 4.79 Å². The first-order chi connectivity index (χ1) is 11.0. The quantitative estimate of drug-likeness (QED) is 0.356. The van der Waals surface area contributed by atoms with Gasteiger partial charge in [0, 0.05) is 22.2 Å². The second-order valence-corrected chi connectivity index (χ2v) is 5.65. The number of rotatable bonds is 3. The number of hydrogen-bond acceptors (Lipinski definition) is 5. The summed E-state index contributed by atoms with van der Waals surface area (Å²) in [6, 6.07) is 13.2. The molecule has 1 heterocycles. The Morgan fingerprint density at radius 3 is 2.61 bits per heavy atom. The van der Waals surface area contributed by atoms with Gasteiger partial charge in [0.2, 0.25) is 0 Å². The Balaban J connectivity index is 2.01. The molecule has 0 N–H and O–H groups in total. The number of carbonyl (C=O) groups excluding carboxylic acids is 1. The van der Waals surface area contributed by atoms with E-state index in [1.165, 1.54) is 18.2 Å². The van der Waals surface area contributed by atoms with Crippen molar-refractivity contribution in [2.75, 3.05) is 0 Å². The first-order valence-electron chi connectivity index (χ1n) is 6.56. The molecule has 0 aromatic heterocycles. The van der Waals surface area contributed by atoms with E-state index in [-0.39, 0.29) is 11.3 Å². The minimum absolute atomic E-state index is 0.0483. The molecule has 0 amide bonds. The molecule has 6 nitrogen and oxygen atoms in total. The Morgan fingerprint density at radius 1 is 1.17 bits per heavy atom. The molecule has 0 radical (unpaired) electrons. The Labute approximate surface area is 139 Å². The molecule has 0 atom stereocenters. The highest BCUT2D eigenvalue weighted by Crippen LogP contribution is 2.23. The lowest BCUT2D eigenvalue weighted by molar-refractivity contribution is -0.384. The van der Waals surface area contributed by atoms with Crippen LogP contribution in [0.4, 0.5) is 5.69 Å². The van der Waals surface area contributed by atoms with Crippen LogP contribution in [-0.4, -0.2) is 16.6 Å². The highest BCUT2D eigenvalue weighted by Gasteiger charge is 2.26. The van der Waals surface area contributed by atoms with Gasteiger partial charge >= 0.3 is 5.97 Å². The number of hydrogen-bond donors (Lipinski definition) is 0. The molecule has 0 bridgehead atoms. The summed E-state index contributed by atoms with van der Waals surface area (Å²) in [6.07, 6.45) is 1.53. The van der Waals surface area contributed by atoms with Gasteiger partial charge < -0.3 is 4.84 Å². The molecule has 0 saturated heterocycles. The van der Waals surface area contributed by atoms with E-state index in [2.05, 4.69) is 21.1 Å². The zero-order valence-corrected chi connectivity index (χ0v) is 13.2. The van der Waals surface area contributed by atoms with Crippen LogP contribution in [0, 0.1) is 10.1 Å². The van der Waals surface area contributed by atoms with E-state index in [1.54, 1.807) is 24.3 Å². The number of benzene rings is 2. The van der Waals surface area contributed by atoms with Gasteiger partial charge in [0.25, 0.3) is 5.69 Å². The van der Waals surface area contributed by atoms with Crippen LogP contribution in [0.15, 0.2) is 63.7 Å². The molecule has 0 aliphatic carbocycles. The van der Waals surface area contributed by atoms with Crippen LogP contribution in [0.2, 0.25) is 0 Å². The maximum Gasteiger partial charge on any atom is 0.368 e. The second-order valence-electron chi connectivity index (χ2n) is 4.74. The molecule has 2 aromatic carbocycles. The summed E-state index contributed by atoms with van der Waals surface area (Å²) in [4.78, 5) is 27.0. The number of nitro groups is 1. The number of nitrogens with zero attached hydrogens (tertiary/aromatic N) is 2. The number of carbonyl (C=O) groups is 1. The van der Waals surface area contributed by atoms with E-state index >= 15 is 0 Å². The van der Waals surface area contributed by atoms with Crippen molar-refractivity contribution in [2.24, 2.45) is 5.16 Å². The molecule has 7 heteroatoms. The third-order valence-electron chi connectivity index (χ3n) is 3.20. The summed E-state index contributed by atoms with van der Waals surface area (Å²) < 4.78 is 0.899. The highest BCUT2D eigenvalue weighted by atomic mass is 79.9. The van der Waals surface area contributed by atoms with Crippen LogP contribution in [0.3, 0.4) is 0 Å². The summed E-state index contributed by atoms with van der Waals surface area (Å²) >= 11 is 3.34. The summed E-state index contributed by atoms with van der Waals surface area (Å²) in [5, 5.41) is 14.6. The Bertz CT molecular complexity index is 857. The molecule has 0 unspecified atom stereocenters. The molecule has 2 aromatic rings. The average molecular weight is 373 g/mol. The fourth-order valence-corrected chi connectivity index (χ4v) is 2.38. The molecule has 1 aliphatic rings. The highest BCUT2D eigenvalue weighted by molar-refractivity contribution is 9.10. The lowest BCUT2D eigenvalue weighted by Crippen LogP contribution is -2.06. The van der Waals surface area contributed by atoms with E-state index < -0.39 is 10.9 Å². The molecular weight excluding hydrogens is 364 g/mol. The summed E-state index contributed by atoms with van der Waals surface area (Å²) in [7, 11) is 0. The second kappa shape index (κ2) is 6.13. The van der Waals surface area contributed by atoms with Gasteiger partial charge in [-0.2, -0.15) is 0 Å². The molecular formula is C16H9BrN2O4. The summed E-state index contributed by atoms with van der Waals surface area (Å²) in [6.45, 7) is 0. The fraction of sp³-hybridized carbons (Fsp3) is 0. The van der Waals surface area contributed by atoms with Crippen molar-refractivity contribution in [1.82, 2.24) is 0 Å². The lowest BCUT2D eigenvalue weighted by Gasteiger charge is -2.01. The summed E-state index contributed by atoms with van der Waals surface area (Å²) in [5.41, 5.74) is 1.85. The van der Waals surface area contributed by atoms with Gasteiger partial charge in [-0.15, -0.1) is 0 Å². The van der Waals surface area contributed by atoms with Crippen LogP contribution >= 0.6 is 15.9 Å². The maximum atomic E-state index is 11.9. The minimum atomic E-state index is -0.588. The summed E-state index contributed by atoms with van der Waals surface area (Å²) in [5.74, 6) is -0.588. The molecule has 114 valence electrons. The van der Waals surface area contributed by atoms with Crippen LogP contribution < -0.4 is 0 Å². The third kappa shape index (κ3) is 3.19. The third-order valence-corrected chi connectivity index (χ3v) is 3.73. The van der Waals surface area contributed by atoms with Crippen molar-refractivity contribution >= 4 is 39.4 Å². The topological polar surface area (TPSA) is 81.8 Å². The van der Waals surface area contributed by atoms with Crippen LogP contribution in [0.1, 0.15) is 11.1 Å². The van der Waals surface area contributed by atoms with E-state index in [0.29, 0.717) is 11.3 Å². The van der Waals surface area contributed by atoms with Crippen molar-refractivity contribution in [2.45, 2.75) is 0 Å². The SMILES string of the molecule is O=C1ON=C(c2ccc(Br)cc2)C1=Cc1cccc([N+](=O)[O-])c1.